The molecule has 6 heteroatoms. The van der Waals surface area contributed by atoms with E-state index in [1.54, 1.807) is 6.07 Å². The summed E-state index contributed by atoms with van der Waals surface area (Å²) in [5, 5.41) is 0.899. The van der Waals surface area contributed by atoms with Crippen LogP contribution >= 0.6 is 0 Å². The summed E-state index contributed by atoms with van der Waals surface area (Å²) in [4.78, 5) is 0. The Morgan fingerprint density at radius 1 is 0.943 bits per heavy atom. The Kier molecular flexibility index (Phi) is 7.48. The van der Waals surface area contributed by atoms with Crippen molar-refractivity contribution in [3.63, 3.8) is 0 Å². The highest BCUT2D eigenvalue weighted by atomic mass is 19.4. The van der Waals surface area contributed by atoms with E-state index in [2.05, 4.69) is 0 Å². The zero-order chi connectivity index (χ0) is 25.0. The summed E-state index contributed by atoms with van der Waals surface area (Å²) < 4.78 is 61.7. The standard InChI is InChI=1S/C29H29F4NO/c1-3-34-18-23(13-12-20(2)14-22-10-7-11-24(15-22)29(31,32)33)28-26(34)16-25(30)17-27(28)35-19-21-8-5-4-6-9-21/h4-11,15-18,20H,3,12-14,19H2,1-2H3. The maximum absolute atomic E-state index is 14.4. The Bertz CT molecular complexity index is 1280. The molecule has 0 radical (unpaired) electrons. The number of fused-ring (bicyclic) bond motifs is 1. The monoisotopic (exact) mass is 483 g/mol. The van der Waals surface area contributed by atoms with Crippen LogP contribution in [0.25, 0.3) is 10.9 Å². The fourth-order valence-electron chi connectivity index (χ4n) is 4.52. The van der Waals surface area contributed by atoms with Crippen molar-refractivity contribution in [2.75, 3.05) is 0 Å². The summed E-state index contributed by atoms with van der Waals surface area (Å²) in [7, 11) is 0. The second-order valence-electron chi connectivity index (χ2n) is 9.06. The smallest absolute Gasteiger partial charge is 0.416 e. The number of rotatable bonds is 9. The Balaban J connectivity index is 1.53. The Labute approximate surface area is 203 Å². The zero-order valence-electron chi connectivity index (χ0n) is 19.9. The van der Waals surface area contributed by atoms with Gasteiger partial charge in [0.25, 0.3) is 0 Å². The third-order valence-electron chi connectivity index (χ3n) is 6.31. The molecular weight excluding hydrogens is 454 g/mol. The fraction of sp³-hybridized carbons (Fsp3) is 0.310. The molecule has 4 aromatic rings. The molecule has 0 saturated heterocycles. The van der Waals surface area contributed by atoms with E-state index in [1.807, 2.05) is 54.9 Å². The summed E-state index contributed by atoms with van der Waals surface area (Å²) in [6.07, 6.45) is -0.239. The average Bonchev–Trinajstić information content (AvgIpc) is 3.19. The van der Waals surface area contributed by atoms with Gasteiger partial charge in [0, 0.05) is 24.2 Å². The quantitative estimate of drug-likeness (QED) is 0.219. The first-order valence-corrected chi connectivity index (χ1v) is 11.9. The van der Waals surface area contributed by atoms with E-state index in [-0.39, 0.29) is 11.7 Å². The van der Waals surface area contributed by atoms with Crippen LogP contribution in [-0.4, -0.2) is 4.57 Å². The van der Waals surface area contributed by atoms with E-state index in [9.17, 15) is 17.6 Å². The molecular formula is C29H29F4NO. The lowest BCUT2D eigenvalue weighted by atomic mass is 9.93. The summed E-state index contributed by atoms with van der Waals surface area (Å²) in [5.41, 5.74) is 2.90. The summed E-state index contributed by atoms with van der Waals surface area (Å²) >= 11 is 0. The minimum Gasteiger partial charge on any atom is -0.488 e. The maximum Gasteiger partial charge on any atom is 0.416 e. The highest BCUT2D eigenvalue weighted by Crippen LogP contribution is 2.34. The van der Waals surface area contributed by atoms with Gasteiger partial charge in [-0.2, -0.15) is 13.2 Å². The number of halogens is 4. The van der Waals surface area contributed by atoms with Gasteiger partial charge in [-0.25, -0.2) is 4.39 Å². The molecule has 0 aliphatic carbocycles. The van der Waals surface area contributed by atoms with Gasteiger partial charge in [0.2, 0.25) is 0 Å². The SMILES string of the molecule is CCn1cc(CCC(C)Cc2cccc(C(F)(F)F)c2)c2c(OCc3ccccc3)cc(F)cc21. The summed E-state index contributed by atoms with van der Waals surface area (Å²) in [6.45, 7) is 5.08. The second kappa shape index (κ2) is 10.5. The number of aryl methyl sites for hydroxylation is 2. The minimum absolute atomic E-state index is 0.174. The van der Waals surface area contributed by atoms with Crippen LogP contribution in [0.2, 0.25) is 0 Å². The van der Waals surface area contributed by atoms with Crippen molar-refractivity contribution >= 4 is 10.9 Å². The Hall–Kier alpha value is -3.28. The maximum atomic E-state index is 14.4. The number of hydrogen-bond donors (Lipinski definition) is 0. The fourth-order valence-corrected chi connectivity index (χ4v) is 4.52. The van der Waals surface area contributed by atoms with Crippen LogP contribution in [-0.2, 0) is 32.2 Å². The number of ether oxygens (including phenoxy) is 1. The van der Waals surface area contributed by atoms with Crippen molar-refractivity contribution in [1.29, 1.82) is 0 Å². The van der Waals surface area contributed by atoms with E-state index in [4.69, 9.17) is 4.74 Å². The number of hydrogen-bond acceptors (Lipinski definition) is 1. The number of nitrogens with zero attached hydrogens (tertiary/aromatic N) is 1. The molecule has 3 aromatic carbocycles. The first-order chi connectivity index (χ1) is 16.7. The van der Waals surface area contributed by atoms with Crippen LogP contribution in [0.3, 0.4) is 0 Å². The van der Waals surface area contributed by atoms with Gasteiger partial charge in [0.15, 0.2) is 0 Å². The third-order valence-corrected chi connectivity index (χ3v) is 6.31. The molecule has 0 saturated carbocycles. The highest BCUT2D eigenvalue weighted by Gasteiger charge is 2.30. The van der Waals surface area contributed by atoms with Crippen molar-refractivity contribution in [2.24, 2.45) is 5.92 Å². The van der Waals surface area contributed by atoms with E-state index < -0.39 is 11.7 Å². The summed E-state index contributed by atoms with van der Waals surface area (Å²) in [6, 6.07) is 18.2. The van der Waals surface area contributed by atoms with Crippen molar-refractivity contribution < 1.29 is 22.3 Å². The Morgan fingerprint density at radius 3 is 2.40 bits per heavy atom. The van der Waals surface area contributed by atoms with Gasteiger partial charge < -0.3 is 9.30 Å². The number of benzene rings is 3. The molecule has 1 unspecified atom stereocenters. The molecule has 184 valence electrons. The van der Waals surface area contributed by atoms with Crippen LogP contribution in [0.4, 0.5) is 17.6 Å². The topological polar surface area (TPSA) is 14.2 Å². The Morgan fingerprint density at radius 2 is 1.69 bits per heavy atom. The van der Waals surface area contributed by atoms with Crippen LogP contribution < -0.4 is 4.74 Å². The lowest BCUT2D eigenvalue weighted by Gasteiger charge is -2.14. The van der Waals surface area contributed by atoms with Crippen molar-refractivity contribution in [1.82, 2.24) is 4.57 Å². The van der Waals surface area contributed by atoms with Gasteiger partial charge >= 0.3 is 6.18 Å². The molecule has 0 spiro atoms. The predicted octanol–water partition coefficient (Wildman–Crippen LogP) is 8.21. The molecule has 1 atom stereocenters. The average molecular weight is 484 g/mol. The van der Waals surface area contributed by atoms with Crippen LogP contribution in [0, 0.1) is 11.7 Å². The van der Waals surface area contributed by atoms with Gasteiger partial charge in [-0.05, 0) is 60.9 Å². The van der Waals surface area contributed by atoms with E-state index in [0.717, 1.165) is 40.9 Å². The van der Waals surface area contributed by atoms with E-state index in [0.29, 0.717) is 30.9 Å². The third kappa shape index (κ3) is 6.05. The molecule has 0 fully saturated rings. The molecule has 1 heterocycles. The molecule has 2 nitrogen and oxygen atoms in total. The van der Waals surface area contributed by atoms with Gasteiger partial charge in [0.1, 0.15) is 18.2 Å². The van der Waals surface area contributed by atoms with Crippen molar-refractivity contribution in [3.8, 4) is 5.75 Å². The molecule has 35 heavy (non-hydrogen) atoms. The molecule has 0 N–H and O–H groups in total. The zero-order valence-corrected chi connectivity index (χ0v) is 19.9. The molecule has 0 bridgehead atoms. The van der Waals surface area contributed by atoms with Crippen LogP contribution in [0.1, 0.15) is 42.5 Å². The lowest BCUT2D eigenvalue weighted by Crippen LogP contribution is -2.07. The van der Waals surface area contributed by atoms with Gasteiger partial charge in [-0.15, -0.1) is 0 Å². The number of alkyl halides is 3. The molecule has 4 rings (SSSR count). The molecule has 0 aliphatic heterocycles. The lowest BCUT2D eigenvalue weighted by molar-refractivity contribution is -0.137. The summed E-state index contributed by atoms with van der Waals surface area (Å²) in [5.74, 6) is 0.335. The first kappa shape index (κ1) is 24.8. The van der Waals surface area contributed by atoms with Gasteiger partial charge in [-0.3, -0.25) is 0 Å². The minimum atomic E-state index is -4.34. The van der Waals surface area contributed by atoms with Crippen molar-refractivity contribution in [3.05, 3.63) is 101 Å². The first-order valence-electron chi connectivity index (χ1n) is 11.9. The molecule has 0 amide bonds. The highest BCUT2D eigenvalue weighted by molar-refractivity contribution is 5.90. The molecule has 1 aromatic heterocycles. The van der Waals surface area contributed by atoms with Gasteiger partial charge in [-0.1, -0.05) is 55.5 Å². The molecule has 0 aliphatic rings. The number of aromatic nitrogens is 1. The largest absolute Gasteiger partial charge is 0.488 e. The normalized spacial score (nSPS) is 12.7. The van der Waals surface area contributed by atoms with Crippen LogP contribution in [0.5, 0.6) is 5.75 Å². The van der Waals surface area contributed by atoms with E-state index in [1.165, 1.54) is 24.3 Å². The van der Waals surface area contributed by atoms with Gasteiger partial charge in [0.05, 0.1) is 11.1 Å². The predicted molar refractivity (Wildman–Crippen MR) is 131 cm³/mol. The second-order valence-corrected chi connectivity index (χ2v) is 9.06. The van der Waals surface area contributed by atoms with E-state index >= 15 is 0 Å². The van der Waals surface area contributed by atoms with Crippen molar-refractivity contribution in [2.45, 2.75) is 52.4 Å². The van der Waals surface area contributed by atoms with Crippen LogP contribution in [0.15, 0.2) is 72.9 Å².